The highest BCUT2D eigenvalue weighted by molar-refractivity contribution is 5.80. The van der Waals surface area contributed by atoms with Crippen LogP contribution < -0.4 is 5.32 Å². The third-order valence-corrected chi connectivity index (χ3v) is 4.44. The van der Waals surface area contributed by atoms with Crippen LogP contribution in [0.1, 0.15) is 16.7 Å². The van der Waals surface area contributed by atoms with Gasteiger partial charge in [-0.15, -0.1) is 0 Å². The number of hydrogen-bond acceptors (Lipinski definition) is 3. The highest BCUT2D eigenvalue weighted by atomic mass is 15.1. The second-order valence-electron chi connectivity index (χ2n) is 6.37. The van der Waals surface area contributed by atoms with Gasteiger partial charge in [0, 0.05) is 29.8 Å². The Labute approximate surface area is 147 Å². The summed E-state index contributed by atoms with van der Waals surface area (Å²) in [5.74, 6) is 0.959. The van der Waals surface area contributed by atoms with E-state index in [1.165, 1.54) is 16.7 Å². The van der Waals surface area contributed by atoms with Crippen LogP contribution in [0.3, 0.4) is 0 Å². The second kappa shape index (κ2) is 6.06. The third-order valence-electron chi connectivity index (χ3n) is 4.44. The number of anilines is 2. The summed E-state index contributed by atoms with van der Waals surface area (Å²) in [7, 11) is 0. The molecule has 4 heteroatoms. The lowest BCUT2D eigenvalue weighted by Gasteiger charge is -2.14. The maximum absolute atomic E-state index is 4.86. The molecule has 25 heavy (non-hydrogen) atoms. The first-order valence-corrected chi connectivity index (χ1v) is 8.36. The summed E-state index contributed by atoms with van der Waals surface area (Å²) in [5, 5.41) is 3.62. The molecule has 0 spiro atoms. The highest BCUT2D eigenvalue weighted by Crippen LogP contribution is 2.33. The molecule has 0 aliphatic heterocycles. The Morgan fingerprint density at radius 3 is 2.48 bits per heavy atom. The van der Waals surface area contributed by atoms with E-state index in [2.05, 4.69) is 72.0 Å². The van der Waals surface area contributed by atoms with Gasteiger partial charge in [0.15, 0.2) is 0 Å². The first kappa shape index (κ1) is 15.4. The Balaban J connectivity index is 1.95. The molecular weight excluding hydrogens is 308 g/mol. The van der Waals surface area contributed by atoms with Crippen molar-refractivity contribution < 1.29 is 0 Å². The summed E-state index contributed by atoms with van der Waals surface area (Å²) in [4.78, 5) is 9.11. The van der Waals surface area contributed by atoms with Gasteiger partial charge in [-0.2, -0.15) is 0 Å². The average Bonchev–Trinajstić information content (AvgIpc) is 2.96. The van der Waals surface area contributed by atoms with Crippen molar-refractivity contribution in [3.63, 3.8) is 0 Å². The molecule has 4 nitrogen and oxygen atoms in total. The van der Waals surface area contributed by atoms with E-state index in [1.54, 1.807) is 6.20 Å². The van der Waals surface area contributed by atoms with Gasteiger partial charge in [0.1, 0.15) is 17.2 Å². The van der Waals surface area contributed by atoms with Gasteiger partial charge in [-0.25, -0.2) is 4.98 Å². The molecule has 1 aromatic carbocycles. The van der Waals surface area contributed by atoms with Crippen LogP contribution in [-0.2, 0) is 0 Å². The number of fused-ring (bicyclic) bond motifs is 1. The van der Waals surface area contributed by atoms with E-state index >= 15 is 0 Å². The molecule has 0 aliphatic rings. The fourth-order valence-electron chi connectivity index (χ4n) is 3.10. The Hall–Kier alpha value is -3.14. The molecule has 0 saturated carbocycles. The quantitative estimate of drug-likeness (QED) is 0.571. The van der Waals surface area contributed by atoms with Crippen molar-refractivity contribution in [2.24, 2.45) is 0 Å². The molecule has 0 unspecified atom stereocenters. The topological polar surface area (TPSA) is 42.2 Å². The fourth-order valence-corrected chi connectivity index (χ4v) is 3.10. The molecule has 0 fully saturated rings. The molecule has 1 N–H and O–H groups in total. The monoisotopic (exact) mass is 328 g/mol. The van der Waals surface area contributed by atoms with Crippen molar-refractivity contribution in [3.05, 3.63) is 77.7 Å². The van der Waals surface area contributed by atoms with Gasteiger partial charge in [0.05, 0.1) is 0 Å². The molecule has 0 aliphatic carbocycles. The summed E-state index contributed by atoms with van der Waals surface area (Å²) in [6.45, 7) is 6.32. The van der Waals surface area contributed by atoms with Gasteiger partial charge >= 0.3 is 0 Å². The largest absolute Gasteiger partial charge is 0.339 e. The van der Waals surface area contributed by atoms with Crippen molar-refractivity contribution in [1.82, 2.24) is 14.4 Å². The van der Waals surface area contributed by atoms with Crippen LogP contribution in [0.5, 0.6) is 0 Å². The maximum atomic E-state index is 4.86. The summed E-state index contributed by atoms with van der Waals surface area (Å²) < 4.78 is 2.10. The normalized spacial score (nSPS) is 11.0. The van der Waals surface area contributed by atoms with E-state index in [4.69, 9.17) is 4.98 Å². The molecule has 4 rings (SSSR count). The van der Waals surface area contributed by atoms with E-state index in [-0.39, 0.29) is 0 Å². The minimum Gasteiger partial charge on any atom is -0.339 e. The summed E-state index contributed by atoms with van der Waals surface area (Å²) in [6, 6.07) is 14.5. The number of para-hydroxylation sites is 1. The predicted octanol–water partition coefficient (Wildman–Crippen LogP) is 5.07. The van der Waals surface area contributed by atoms with E-state index in [0.29, 0.717) is 0 Å². The van der Waals surface area contributed by atoms with E-state index in [1.807, 2.05) is 18.3 Å². The zero-order valence-corrected chi connectivity index (χ0v) is 14.6. The van der Waals surface area contributed by atoms with Crippen LogP contribution in [0, 0.1) is 20.8 Å². The minimum absolute atomic E-state index is 0.904. The van der Waals surface area contributed by atoms with Crippen LogP contribution in [0.15, 0.2) is 61.1 Å². The van der Waals surface area contributed by atoms with Crippen molar-refractivity contribution in [2.45, 2.75) is 20.8 Å². The molecule has 3 heterocycles. The van der Waals surface area contributed by atoms with Crippen molar-refractivity contribution in [3.8, 4) is 11.3 Å². The first-order valence-electron chi connectivity index (χ1n) is 8.36. The highest BCUT2D eigenvalue weighted by Gasteiger charge is 2.16. The standard InChI is InChI=1S/C21H20N4/c1-14-9-11-25-18(12-14)23-20(17-8-5-10-22-13-17)21(25)24-19-15(2)6-4-7-16(19)3/h4-13,24H,1-3H3. The lowest BCUT2D eigenvalue weighted by Crippen LogP contribution is -2.00. The Kier molecular flexibility index (Phi) is 3.73. The number of hydrogen-bond donors (Lipinski definition) is 1. The number of pyridine rings is 2. The van der Waals surface area contributed by atoms with Crippen molar-refractivity contribution in [2.75, 3.05) is 5.32 Å². The fraction of sp³-hybridized carbons (Fsp3) is 0.143. The van der Waals surface area contributed by atoms with Gasteiger partial charge in [-0.1, -0.05) is 18.2 Å². The van der Waals surface area contributed by atoms with Gasteiger partial charge < -0.3 is 5.32 Å². The van der Waals surface area contributed by atoms with Gasteiger partial charge in [-0.05, 0) is 61.7 Å². The third kappa shape index (κ3) is 2.76. The number of rotatable bonds is 3. The molecular formula is C21H20N4. The Morgan fingerprint density at radius 2 is 1.76 bits per heavy atom. The van der Waals surface area contributed by atoms with E-state index < -0.39 is 0 Å². The maximum Gasteiger partial charge on any atom is 0.143 e. The van der Waals surface area contributed by atoms with Gasteiger partial charge in [0.25, 0.3) is 0 Å². The molecule has 0 saturated heterocycles. The SMILES string of the molecule is Cc1ccn2c(Nc3c(C)cccc3C)c(-c3cccnc3)nc2c1. The number of benzene rings is 1. The van der Waals surface area contributed by atoms with Gasteiger partial charge in [-0.3, -0.25) is 9.38 Å². The molecule has 0 bridgehead atoms. The van der Waals surface area contributed by atoms with E-state index in [0.717, 1.165) is 28.4 Å². The van der Waals surface area contributed by atoms with Crippen molar-refractivity contribution in [1.29, 1.82) is 0 Å². The lowest BCUT2D eigenvalue weighted by molar-refractivity contribution is 1.16. The first-order chi connectivity index (χ1) is 12.1. The number of aryl methyl sites for hydroxylation is 3. The summed E-state index contributed by atoms with van der Waals surface area (Å²) in [5.41, 5.74) is 7.55. The predicted molar refractivity (Wildman–Crippen MR) is 102 cm³/mol. The van der Waals surface area contributed by atoms with Crippen LogP contribution in [0.4, 0.5) is 11.5 Å². The van der Waals surface area contributed by atoms with Crippen LogP contribution in [0.25, 0.3) is 16.9 Å². The van der Waals surface area contributed by atoms with Crippen LogP contribution >= 0.6 is 0 Å². The number of nitrogens with one attached hydrogen (secondary N) is 1. The number of nitrogens with zero attached hydrogens (tertiary/aromatic N) is 3. The Morgan fingerprint density at radius 1 is 0.960 bits per heavy atom. The molecule has 0 amide bonds. The summed E-state index contributed by atoms with van der Waals surface area (Å²) in [6.07, 6.45) is 5.69. The molecule has 4 aromatic rings. The summed E-state index contributed by atoms with van der Waals surface area (Å²) >= 11 is 0. The molecule has 3 aromatic heterocycles. The zero-order valence-electron chi connectivity index (χ0n) is 14.6. The van der Waals surface area contributed by atoms with Gasteiger partial charge in [0.2, 0.25) is 0 Å². The molecule has 0 atom stereocenters. The smallest absolute Gasteiger partial charge is 0.143 e. The molecule has 124 valence electrons. The van der Waals surface area contributed by atoms with Crippen LogP contribution in [-0.4, -0.2) is 14.4 Å². The number of imidazole rings is 1. The van der Waals surface area contributed by atoms with Crippen LogP contribution in [0.2, 0.25) is 0 Å². The zero-order chi connectivity index (χ0) is 17.4. The molecule has 0 radical (unpaired) electrons. The Bertz CT molecular complexity index is 1030. The number of aromatic nitrogens is 3. The van der Waals surface area contributed by atoms with E-state index in [9.17, 15) is 0 Å². The average molecular weight is 328 g/mol. The second-order valence-corrected chi connectivity index (χ2v) is 6.37. The minimum atomic E-state index is 0.904. The lowest BCUT2D eigenvalue weighted by atomic mass is 10.1. The van der Waals surface area contributed by atoms with Crippen molar-refractivity contribution >= 4 is 17.2 Å².